The maximum absolute atomic E-state index is 15.6. The van der Waals surface area contributed by atoms with Gasteiger partial charge in [0.2, 0.25) is 5.88 Å². The third-order valence-electron chi connectivity index (χ3n) is 9.43. The van der Waals surface area contributed by atoms with E-state index in [1.54, 1.807) is 32.2 Å². The molecular weight excluding hydrogens is 653 g/mol. The Morgan fingerprint density at radius 1 is 0.824 bits per heavy atom. The first-order chi connectivity index (χ1) is 24.7. The molecule has 2 fully saturated rings. The first kappa shape index (κ1) is 35.9. The number of piperidine rings is 2. The molecule has 12 heteroatoms. The monoisotopic (exact) mass is 699 g/mol. The first-order valence-corrected chi connectivity index (χ1v) is 17.6. The lowest BCUT2D eigenvalue weighted by atomic mass is 9.99. The summed E-state index contributed by atoms with van der Waals surface area (Å²) < 4.78 is 39.9. The van der Waals surface area contributed by atoms with Crippen molar-refractivity contribution in [3.8, 4) is 28.9 Å². The van der Waals surface area contributed by atoms with Crippen LogP contribution in [0.3, 0.4) is 0 Å². The molecule has 0 radical (unpaired) electrons. The van der Waals surface area contributed by atoms with E-state index in [1.807, 2.05) is 31.2 Å². The Bertz CT molecular complexity index is 1830. The Balaban J connectivity index is 1.20. The standard InChI is InChI=1S/C39H46FN5O6/c1-24-4-6-28(7-5-24)25(2)43-38(46)39(47)44-29-8-9-33(31(40)18-29)51-34-21-37(50-23-27-12-16-42-17-13-27)45-32-20-36(35(48-3)19-30(32)34)49-22-26-10-14-41-15-11-26/h4-9,18-21,25-27,41-42H,10-17,22-23H2,1-3H3,(H,43,46)(H,44,47). The van der Waals surface area contributed by atoms with E-state index in [0.717, 1.165) is 69.1 Å². The van der Waals surface area contributed by atoms with E-state index >= 15 is 4.39 Å². The lowest BCUT2D eigenvalue weighted by Crippen LogP contribution is -2.36. The van der Waals surface area contributed by atoms with Crippen molar-refractivity contribution in [2.24, 2.45) is 11.8 Å². The Morgan fingerprint density at radius 3 is 2.14 bits per heavy atom. The highest BCUT2D eigenvalue weighted by Crippen LogP contribution is 2.40. The number of carbonyl (C=O) groups excluding carboxylic acids is 2. The van der Waals surface area contributed by atoms with Gasteiger partial charge in [-0.1, -0.05) is 29.8 Å². The number of amides is 2. The molecule has 0 bridgehead atoms. The largest absolute Gasteiger partial charge is 0.493 e. The van der Waals surface area contributed by atoms with Crippen molar-refractivity contribution in [1.29, 1.82) is 0 Å². The number of rotatable bonds is 12. The number of nitrogens with one attached hydrogen (secondary N) is 4. The van der Waals surface area contributed by atoms with Gasteiger partial charge in [-0.25, -0.2) is 9.37 Å². The van der Waals surface area contributed by atoms with Crippen LogP contribution in [-0.2, 0) is 9.59 Å². The molecule has 2 amide bonds. The van der Waals surface area contributed by atoms with Crippen LogP contribution in [0.5, 0.6) is 28.9 Å². The summed E-state index contributed by atoms with van der Waals surface area (Å²) in [5, 5.41) is 12.5. The Morgan fingerprint density at radius 2 is 1.49 bits per heavy atom. The van der Waals surface area contributed by atoms with Crippen molar-refractivity contribution in [3.63, 3.8) is 0 Å². The second-order valence-corrected chi connectivity index (χ2v) is 13.3. The number of aromatic nitrogens is 1. The number of anilines is 1. The summed E-state index contributed by atoms with van der Waals surface area (Å²) in [6.07, 6.45) is 4.08. The van der Waals surface area contributed by atoms with Crippen molar-refractivity contribution >= 4 is 28.4 Å². The van der Waals surface area contributed by atoms with Crippen LogP contribution in [0.1, 0.15) is 49.8 Å². The molecule has 0 aliphatic carbocycles. The Kier molecular flexibility index (Phi) is 11.8. The maximum Gasteiger partial charge on any atom is 0.313 e. The molecule has 1 atom stereocenters. The fourth-order valence-electron chi connectivity index (χ4n) is 6.29. The van der Waals surface area contributed by atoms with E-state index in [1.165, 1.54) is 12.1 Å². The number of benzene rings is 3. The SMILES string of the molecule is COc1cc2c(Oc3ccc(NC(=O)C(=O)NC(C)c4ccc(C)cc4)cc3F)cc(OCC3CCNCC3)nc2cc1OCC1CCNCC1. The van der Waals surface area contributed by atoms with Gasteiger partial charge in [0.15, 0.2) is 23.1 Å². The van der Waals surface area contributed by atoms with Gasteiger partial charge in [-0.2, -0.15) is 0 Å². The molecule has 1 unspecified atom stereocenters. The van der Waals surface area contributed by atoms with Gasteiger partial charge in [0.05, 0.1) is 31.9 Å². The predicted octanol–water partition coefficient (Wildman–Crippen LogP) is 6.06. The number of pyridine rings is 1. The number of carbonyl (C=O) groups is 2. The maximum atomic E-state index is 15.6. The average Bonchev–Trinajstić information content (AvgIpc) is 3.14. The van der Waals surface area contributed by atoms with Gasteiger partial charge in [-0.15, -0.1) is 0 Å². The third kappa shape index (κ3) is 9.44. The minimum atomic E-state index is -0.914. The summed E-state index contributed by atoms with van der Waals surface area (Å²) in [7, 11) is 1.57. The van der Waals surface area contributed by atoms with Crippen molar-refractivity contribution in [2.45, 2.75) is 45.6 Å². The van der Waals surface area contributed by atoms with E-state index in [0.29, 0.717) is 59.1 Å². The summed E-state index contributed by atoms with van der Waals surface area (Å²) in [6.45, 7) is 8.63. The van der Waals surface area contributed by atoms with Gasteiger partial charge < -0.3 is 40.2 Å². The molecule has 2 aliphatic heterocycles. The second kappa shape index (κ2) is 16.8. The van der Waals surface area contributed by atoms with E-state index < -0.39 is 23.7 Å². The van der Waals surface area contributed by atoms with Crippen molar-refractivity contribution in [3.05, 3.63) is 77.6 Å². The number of ether oxygens (including phenoxy) is 4. The van der Waals surface area contributed by atoms with Crippen molar-refractivity contribution in [1.82, 2.24) is 20.9 Å². The lowest BCUT2D eigenvalue weighted by molar-refractivity contribution is -0.136. The zero-order valence-corrected chi connectivity index (χ0v) is 29.4. The fourth-order valence-corrected chi connectivity index (χ4v) is 6.29. The van der Waals surface area contributed by atoms with Crippen LogP contribution in [0.4, 0.5) is 10.1 Å². The van der Waals surface area contributed by atoms with Gasteiger partial charge >= 0.3 is 11.8 Å². The van der Waals surface area contributed by atoms with Crippen LogP contribution in [-0.4, -0.2) is 63.3 Å². The fraction of sp³-hybridized carbons (Fsp3) is 0.410. The highest BCUT2D eigenvalue weighted by atomic mass is 19.1. The summed E-state index contributed by atoms with van der Waals surface area (Å²) in [5.74, 6) is -0.0402. The number of hydrogen-bond acceptors (Lipinski definition) is 9. The smallest absolute Gasteiger partial charge is 0.313 e. The van der Waals surface area contributed by atoms with E-state index in [-0.39, 0.29) is 11.4 Å². The molecule has 6 rings (SSSR count). The van der Waals surface area contributed by atoms with E-state index in [9.17, 15) is 9.59 Å². The molecule has 3 aromatic carbocycles. The molecule has 270 valence electrons. The predicted molar refractivity (Wildman–Crippen MR) is 193 cm³/mol. The molecule has 2 saturated heterocycles. The number of methoxy groups -OCH3 is 1. The van der Waals surface area contributed by atoms with Crippen molar-refractivity contribution < 1.29 is 32.9 Å². The number of hydrogen-bond donors (Lipinski definition) is 4. The van der Waals surface area contributed by atoms with Crippen LogP contribution >= 0.6 is 0 Å². The Hall–Kier alpha value is -4.94. The van der Waals surface area contributed by atoms with E-state index in [4.69, 9.17) is 23.9 Å². The molecule has 11 nitrogen and oxygen atoms in total. The molecule has 2 aliphatic rings. The van der Waals surface area contributed by atoms with Gasteiger partial charge in [0, 0.05) is 29.3 Å². The number of halogens is 1. The quantitative estimate of drug-likeness (QED) is 0.130. The summed E-state index contributed by atoms with van der Waals surface area (Å²) in [4.78, 5) is 30.1. The van der Waals surface area contributed by atoms with Gasteiger partial charge in [0.1, 0.15) is 5.75 Å². The summed E-state index contributed by atoms with van der Waals surface area (Å²) in [5.41, 5.74) is 2.59. The second-order valence-electron chi connectivity index (χ2n) is 13.3. The molecule has 1 aromatic heterocycles. The van der Waals surface area contributed by atoms with Gasteiger partial charge in [0.25, 0.3) is 0 Å². The van der Waals surface area contributed by atoms with Crippen LogP contribution in [0.2, 0.25) is 0 Å². The van der Waals surface area contributed by atoms with E-state index in [2.05, 4.69) is 21.3 Å². The topological polar surface area (TPSA) is 132 Å². The number of nitrogens with zero attached hydrogens (tertiary/aromatic N) is 1. The summed E-state index contributed by atoms with van der Waals surface area (Å²) >= 11 is 0. The van der Waals surface area contributed by atoms with Gasteiger partial charge in [-0.05, 0) is 101 Å². The van der Waals surface area contributed by atoms with Crippen LogP contribution in [0.25, 0.3) is 10.9 Å². The molecule has 0 spiro atoms. The molecule has 4 N–H and O–H groups in total. The molecule has 51 heavy (non-hydrogen) atoms. The third-order valence-corrected chi connectivity index (χ3v) is 9.43. The minimum Gasteiger partial charge on any atom is -0.493 e. The average molecular weight is 700 g/mol. The number of fused-ring (bicyclic) bond motifs is 1. The highest BCUT2D eigenvalue weighted by molar-refractivity contribution is 6.39. The summed E-state index contributed by atoms with van der Waals surface area (Å²) in [6, 6.07) is 16.4. The molecule has 4 aromatic rings. The van der Waals surface area contributed by atoms with Gasteiger partial charge in [-0.3, -0.25) is 9.59 Å². The van der Waals surface area contributed by atoms with Crippen LogP contribution in [0.15, 0.2) is 60.7 Å². The molecule has 3 heterocycles. The number of aryl methyl sites for hydroxylation is 1. The minimum absolute atomic E-state index is 0.0903. The van der Waals surface area contributed by atoms with Crippen LogP contribution < -0.4 is 40.2 Å². The first-order valence-electron chi connectivity index (χ1n) is 17.6. The Labute approximate surface area is 297 Å². The highest BCUT2D eigenvalue weighted by Gasteiger charge is 2.21. The molecule has 0 saturated carbocycles. The molecular formula is C39H46FN5O6. The zero-order valence-electron chi connectivity index (χ0n) is 29.4. The zero-order chi connectivity index (χ0) is 35.7. The van der Waals surface area contributed by atoms with Crippen molar-refractivity contribution in [2.75, 3.05) is 51.8 Å². The lowest BCUT2D eigenvalue weighted by Gasteiger charge is -2.23. The normalized spacial score (nSPS) is 15.9. The van der Waals surface area contributed by atoms with Crippen LogP contribution in [0, 0.1) is 24.6 Å².